The first-order valence-corrected chi connectivity index (χ1v) is 5.38. The third kappa shape index (κ3) is 2.59. The van der Waals surface area contributed by atoms with Crippen molar-refractivity contribution in [2.45, 2.75) is 6.18 Å². The number of aldehydes is 1. The van der Waals surface area contributed by atoms with Gasteiger partial charge in [0, 0.05) is 11.1 Å². The molecule has 0 aliphatic heterocycles. The van der Waals surface area contributed by atoms with Crippen molar-refractivity contribution in [3.63, 3.8) is 0 Å². The maximum atomic E-state index is 12.9. The van der Waals surface area contributed by atoms with Crippen LogP contribution in [0.25, 0.3) is 11.1 Å². The molecule has 0 heterocycles. The van der Waals surface area contributed by atoms with Gasteiger partial charge in [0.15, 0.2) is 0 Å². The van der Waals surface area contributed by atoms with E-state index < -0.39 is 11.7 Å². The Balaban J connectivity index is 2.69. The number of phenols is 1. The maximum Gasteiger partial charge on any atom is 0.417 e. The second kappa shape index (κ2) is 4.76. The Bertz CT molecular complexity index is 618. The molecular formula is C14H9F3O2. The topological polar surface area (TPSA) is 37.3 Å². The zero-order valence-electron chi connectivity index (χ0n) is 9.61. The summed E-state index contributed by atoms with van der Waals surface area (Å²) in [6, 6.07) is 8.67. The van der Waals surface area contributed by atoms with Crippen molar-refractivity contribution in [3.8, 4) is 16.9 Å². The van der Waals surface area contributed by atoms with E-state index in [0.717, 1.165) is 6.07 Å². The first-order valence-electron chi connectivity index (χ1n) is 5.38. The Labute approximate surface area is 107 Å². The van der Waals surface area contributed by atoms with Crippen molar-refractivity contribution in [2.24, 2.45) is 0 Å². The number of phenolic OH excluding ortho intramolecular Hbond substituents is 1. The van der Waals surface area contributed by atoms with Crippen LogP contribution in [-0.2, 0) is 6.18 Å². The normalized spacial score (nSPS) is 11.3. The number of hydrogen-bond donors (Lipinski definition) is 1. The van der Waals surface area contributed by atoms with Gasteiger partial charge < -0.3 is 5.11 Å². The van der Waals surface area contributed by atoms with Gasteiger partial charge in [-0.05, 0) is 29.8 Å². The minimum Gasteiger partial charge on any atom is -0.507 e. The van der Waals surface area contributed by atoms with Crippen molar-refractivity contribution in [2.75, 3.05) is 0 Å². The van der Waals surface area contributed by atoms with Crippen molar-refractivity contribution < 1.29 is 23.1 Å². The minimum absolute atomic E-state index is 0.0162. The van der Waals surface area contributed by atoms with Gasteiger partial charge in [0.25, 0.3) is 0 Å². The van der Waals surface area contributed by atoms with E-state index in [4.69, 9.17) is 0 Å². The monoisotopic (exact) mass is 266 g/mol. The molecule has 0 amide bonds. The molecule has 0 aliphatic carbocycles. The number of rotatable bonds is 2. The quantitative estimate of drug-likeness (QED) is 0.837. The van der Waals surface area contributed by atoms with Crippen LogP contribution in [0, 0.1) is 0 Å². The predicted octanol–water partition coefficient (Wildman–Crippen LogP) is 3.89. The summed E-state index contributed by atoms with van der Waals surface area (Å²) in [4.78, 5) is 10.7. The molecule has 0 bridgehead atoms. The van der Waals surface area contributed by atoms with E-state index in [1.54, 1.807) is 0 Å². The molecule has 19 heavy (non-hydrogen) atoms. The lowest BCUT2D eigenvalue weighted by molar-refractivity contribution is -0.137. The number of hydrogen-bond acceptors (Lipinski definition) is 2. The molecule has 0 aromatic heterocycles. The summed E-state index contributed by atoms with van der Waals surface area (Å²) in [5.74, 6) is -0.303. The van der Waals surface area contributed by atoms with Crippen LogP contribution in [0.1, 0.15) is 15.9 Å². The van der Waals surface area contributed by atoms with E-state index >= 15 is 0 Å². The molecule has 1 N–H and O–H groups in total. The van der Waals surface area contributed by atoms with E-state index in [1.807, 2.05) is 0 Å². The number of aromatic hydroxyl groups is 1. The number of carbonyl (C=O) groups is 1. The van der Waals surface area contributed by atoms with Gasteiger partial charge in [0.1, 0.15) is 12.0 Å². The number of benzene rings is 2. The average molecular weight is 266 g/mol. The molecule has 2 aromatic carbocycles. The molecule has 2 nitrogen and oxygen atoms in total. The molecule has 98 valence electrons. The Morgan fingerprint density at radius 2 is 1.68 bits per heavy atom. The summed E-state index contributed by atoms with van der Waals surface area (Å²) in [5.41, 5.74) is -0.827. The first-order chi connectivity index (χ1) is 8.93. The molecule has 0 spiro atoms. The Morgan fingerprint density at radius 3 is 2.32 bits per heavy atom. The fourth-order valence-corrected chi connectivity index (χ4v) is 1.81. The van der Waals surface area contributed by atoms with Gasteiger partial charge in [-0.3, -0.25) is 4.79 Å². The Kier molecular flexibility index (Phi) is 3.29. The van der Waals surface area contributed by atoms with Crippen LogP contribution >= 0.6 is 0 Å². The van der Waals surface area contributed by atoms with Crippen LogP contribution in [0.5, 0.6) is 5.75 Å². The standard InChI is InChI=1S/C14H9F3O2/c15-14(16,17)12-4-2-1-3-10(12)11-7-9(8-18)5-6-13(11)19/h1-8,19H. The van der Waals surface area contributed by atoms with Crippen molar-refractivity contribution in [1.29, 1.82) is 0 Å². The summed E-state index contributed by atoms with van der Waals surface area (Å²) in [5, 5.41) is 9.69. The largest absolute Gasteiger partial charge is 0.507 e. The van der Waals surface area contributed by atoms with Crippen LogP contribution in [0.3, 0.4) is 0 Å². The van der Waals surface area contributed by atoms with E-state index in [-0.39, 0.29) is 22.4 Å². The van der Waals surface area contributed by atoms with Gasteiger partial charge >= 0.3 is 6.18 Å². The van der Waals surface area contributed by atoms with Crippen LogP contribution in [0.2, 0.25) is 0 Å². The molecule has 0 unspecified atom stereocenters. The second-order valence-corrected chi connectivity index (χ2v) is 3.94. The van der Waals surface area contributed by atoms with Gasteiger partial charge in [-0.1, -0.05) is 18.2 Å². The highest BCUT2D eigenvalue weighted by Gasteiger charge is 2.33. The average Bonchev–Trinajstić information content (AvgIpc) is 2.38. The fraction of sp³-hybridized carbons (Fsp3) is 0.0714. The van der Waals surface area contributed by atoms with E-state index in [1.165, 1.54) is 36.4 Å². The summed E-state index contributed by atoms with van der Waals surface area (Å²) in [6.45, 7) is 0. The van der Waals surface area contributed by atoms with Crippen molar-refractivity contribution in [1.82, 2.24) is 0 Å². The summed E-state index contributed by atoms with van der Waals surface area (Å²) >= 11 is 0. The predicted molar refractivity (Wildman–Crippen MR) is 63.9 cm³/mol. The molecule has 0 radical (unpaired) electrons. The molecular weight excluding hydrogens is 257 g/mol. The Morgan fingerprint density at radius 1 is 1.00 bits per heavy atom. The molecule has 0 aliphatic rings. The highest BCUT2D eigenvalue weighted by molar-refractivity contribution is 5.82. The van der Waals surface area contributed by atoms with Crippen LogP contribution in [-0.4, -0.2) is 11.4 Å². The third-order valence-corrected chi connectivity index (χ3v) is 2.68. The molecule has 2 aromatic rings. The van der Waals surface area contributed by atoms with Crippen molar-refractivity contribution in [3.05, 3.63) is 53.6 Å². The first kappa shape index (κ1) is 13.1. The highest BCUT2D eigenvalue weighted by atomic mass is 19.4. The number of halogens is 3. The van der Waals surface area contributed by atoms with Gasteiger partial charge in [-0.15, -0.1) is 0 Å². The zero-order valence-corrected chi connectivity index (χ0v) is 9.61. The Hall–Kier alpha value is -2.30. The third-order valence-electron chi connectivity index (χ3n) is 2.68. The summed E-state index contributed by atoms with van der Waals surface area (Å²) in [7, 11) is 0. The van der Waals surface area contributed by atoms with Gasteiger partial charge in [0.05, 0.1) is 5.56 Å². The molecule has 0 saturated heterocycles. The van der Waals surface area contributed by atoms with E-state index in [9.17, 15) is 23.1 Å². The SMILES string of the molecule is O=Cc1ccc(O)c(-c2ccccc2C(F)(F)F)c1. The van der Waals surface area contributed by atoms with Crippen molar-refractivity contribution >= 4 is 6.29 Å². The molecule has 5 heteroatoms. The minimum atomic E-state index is -4.53. The fourth-order valence-electron chi connectivity index (χ4n) is 1.81. The number of alkyl halides is 3. The smallest absolute Gasteiger partial charge is 0.417 e. The van der Waals surface area contributed by atoms with Gasteiger partial charge in [0.2, 0.25) is 0 Å². The maximum absolute atomic E-state index is 12.9. The molecule has 2 rings (SSSR count). The van der Waals surface area contributed by atoms with E-state index in [0.29, 0.717) is 6.29 Å². The highest BCUT2D eigenvalue weighted by Crippen LogP contribution is 2.39. The molecule has 0 saturated carbocycles. The van der Waals surface area contributed by atoms with Crippen LogP contribution in [0.4, 0.5) is 13.2 Å². The second-order valence-electron chi connectivity index (χ2n) is 3.94. The van der Waals surface area contributed by atoms with Gasteiger partial charge in [-0.2, -0.15) is 13.2 Å². The van der Waals surface area contributed by atoms with Gasteiger partial charge in [-0.25, -0.2) is 0 Å². The molecule has 0 atom stereocenters. The summed E-state index contributed by atoms with van der Waals surface area (Å²) in [6.07, 6.45) is -4.01. The van der Waals surface area contributed by atoms with Crippen LogP contribution in [0.15, 0.2) is 42.5 Å². The lowest BCUT2D eigenvalue weighted by atomic mass is 9.97. The molecule has 0 fully saturated rings. The van der Waals surface area contributed by atoms with E-state index in [2.05, 4.69) is 0 Å². The summed E-state index contributed by atoms with van der Waals surface area (Å²) < 4.78 is 38.7. The number of carbonyl (C=O) groups excluding carboxylic acids is 1. The van der Waals surface area contributed by atoms with Crippen LogP contribution < -0.4 is 0 Å². The zero-order chi connectivity index (χ0) is 14.0. The lowest BCUT2D eigenvalue weighted by Gasteiger charge is -2.14. The lowest BCUT2D eigenvalue weighted by Crippen LogP contribution is -2.07.